The summed E-state index contributed by atoms with van der Waals surface area (Å²) in [5.74, 6) is 0.0278. The zero-order valence-corrected chi connectivity index (χ0v) is 14.0. The van der Waals surface area contributed by atoms with E-state index in [-0.39, 0.29) is 17.0 Å². The third-order valence-corrected chi connectivity index (χ3v) is 6.34. The molecule has 0 bridgehead atoms. The summed E-state index contributed by atoms with van der Waals surface area (Å²) < 4.78 is 25.2. The minimum Gasteiger partial charge on any atom is -0.299 e. The predicted octanol–water partition coefficient (Wildman–Crippen LogP) is 1.75. The SMILES string of the molecule is Cc1nn(C)c(C)c1CC(=O)C1CCCC(S(C)(=O)=O)C1. The third-order valence-electron chi connectivity index (χ3n) is 4.70. The maximum atomic E-state index is 12.5. The smallest absolute Gasteiger partial charge is 0.150 e. The number of sulfone groups is 1. The molecule has 1 saturated carbocycles. The van der Waals surface area contributed by atoms with E-state index in [1.54, 1.807) is 4.68 Å². The lowest BCUT2D eigenvalue weighted by atomic mass is 9.83. The van der Waals surface area contributed by atoms with Crippen LogP contribution in [-0.2, 0) is 28.1 Å². The van der Waals surface area contributed by atoms with Gasteiger partial charge in [0, 0.05) is 36.9 Å². The van der Waals surface area contributed by atoms with E-state index in [1.807, 2.05) is 20.9 Å². The predicted molar refractivity (Wildman–Crippen MR) is 82.0 cm³/mol. The Morgan fingerprint density at radius 3 is 2.52 bits per heavy atom. The lowest BCUT2D eigenvalue weighted by Crippen LogP contribution is -2.31. The molecular formula is C15H24N2O3S. The van der Waals surface area contributed by atoms with Gasteiger partial charge in [-0.05, 0) is 33.1 Å². The van der Waals surface area contributed by atoms with Gasteiger partial charge in [-0.1, -0.05) is 6.42 Å². The highest BCUT2D eigenvalue weighted by molar-refractivity contribution is 7.91. The minimum absolute atomic E-state index is 0.127. The first-order valence-corrected chi connectivity index (χ1v) is 9.36. The Bertz CT molecular complexity index is 646. The van der Waals surface area contributed by atoms with Crippen LogP contribution in [0.5, 0.6) is 0 Å². The normalized spacial score (nSPS) is 23.2. The summed E-state index contributed by atoms with van der Waals surface area (Å²) in [7, 11) is -1.17. The maximum Gasteiger partial charge on any atom is 0.150 e. The molecule has 0 saturated heterocycles. The summed E-state index contributed by atoms with van der Waals surface area (Å²) in [6.45, 7) is 3.87. The summed E-state index contributed by atoms with van der Waals surface area (Å²) >= 11 is 0. The van der Waals surface area contributed by atoms with Gasteiger partial charge in [0.05, 0.1) is 10.9 Å². The van der Waals surface area contributed by atoms with Gasteiger partial charge in [0.15, 0.2) is 0 Å². The molecule has 1 aliphatic carbocycles. The van der Waals surface area contributed by atoms with Gasteiger partial charge in [-0.25, -0.2) is 8.42 Å². The molecule has 5 nitrogen and oxygen atoms in total. The van der Waals surface area contributed by atoms with Crippen molar-refractivity contribution in [3.8, 4) is 0 Å². The molecule has 1 heterocycles. The van der Waals surface area contributed by atoms with Crippen LogP contribution in [0.2, 0.25) is 0 Å². The molecule has 21 heavy (non-hydrogen) atoms. The standard InChI is InChI=1S/C15H24N2O3S/c1-10-14(11(2)17(3)16-10)9-15(18)12-6-5-7-13(8-12)21(4,19)20/h12-13H,5-9H2,1-4H3. The first-order chi connectivity index (χ1) is 9.70. The van der Waals surface area contributed by atoms with Gasteiger partial charge in [-0.3, -0.25) is 9.48 Å². The number of hydrogen-bond acceptors (Lipinski definition) is 4. The largest absolute Gasteiger partial charge is 0.299 e. The van der Waals surface area contributed by atoms with E-state index in [0.717, 1.165) is 29.8 Å². The second-order valence-electron chi connectivity index (χ2n) is 6.23. The van der Waals surface area contributed by atoms with Crippen LogP contribution in [0, 0.1) is 19.8 Å². The summed E-state index contributed by atoms with van der Waals surface area (Å²) in [6.07, 6.45) is 4.44. The lowest BCUT2D eigenvalue weighted by molar-refractivity contribution is -0.123. The van der Waals surface area contributed by atoms with Gasteiger partial charge in [0.1, 0.15) is 15.6 Å². The van der Waals surface area contributed by atoms with Crippen LogP contribution in [0.15, 0.2) is 0 Å². The zero-order valence-electron chi connectivity index (χ0n) is 13.2. The highest BCUT2D eigenvalue weighted by Crippen LogP contribution is 2.30. The van der Waals surface area contributed by atoms with E-state index < -0.39 is 9.84 Å². The van der Waals surface area contributed by atoms with Crippen molar-refractivity contribution in [2.24, 2.45) is 13.0 Å². The number of aryl methyl sites for hydroxylation is 2. The second-order valence-corrected chi connectivity index (χ2v) is 8.56. The van der Waals surface area contributed by atoms with E-state index in [4.69, 9.17) is 0 Å². The van der Waals surface area contributed by atoms with Gasteiger partial charge in [0.2, 0.25) is 0 Å². The lowest BCUT2D eigenvalue weighted by Gasteiger charge is -2.27. The van der Waals surface area contributed by atoms with Crippen LogP contribution in [0.4, 0.5) is 0 Å². The van der Waals surface area contributed by atoms with Gasteiger partial charge < -0.3 is 0 Å². The number of hydrogen-bond donors (Lipinski definition) is 0. The quantitative estimate of drug-likeness (QED) is 0.849. The van der Waals surface area contributed by atoms with Crippen LogP contribution in [0.1, 0.15) is 42.6 Å². The van der Waals surface area contributed by atoms with E-state index in [1.165, 1.54) is 6.26 Å². The topological polar surface area (TPSA) is 69.0 Å². The second kappa shape index (κ2) is 5.91. The first kappa shape index (κ1) is 16.2. The summed E-state index contributed by atoms with van der Waals surface area (Å²) in [5, 5.41) is 3.98. The fourth-order valence-electron chi connectivity index (χ4n) is 3.22. The van der Waals surface area contributed by atoms with Gasteiger partial charge in [-0.15, -0.1) is 0 Å². The fraction of sp³-hybridized carbons (Fsp3) is 0.733. The Morgan fingerprint density at radius 2 is 2.00 bits per heavy atom. The van der Waals surface area contributed by atoms with Crippen molar-refractivity contribution < 1.29 is 13.2 Å². The van der Waals surface area contributed by atoms with Crippen molar-refractivity contribution >= 4 is 15.6 Å². The zero-order chi connectivity index (χ0) is 15.8. The highest BCUT2D eigenvalue weighted by Gasteiger charge is 2.32. The van der Waals surface area contributed by atoms with E-state index >= 15 is 0 Å². The molecule has 2 atom stereocenters. The van der Waals surface area contributed by atoms with E-state index in [2.05, 4.69) is 5.10 Å². The molecule has 1 fully saturated rings. The van der Waals surface area contributed by atoms with Crippen molar-refractivity contribution in [3.05, 3.63) is 17.0 Å². The third kappa shape index (κ3) is 3.54. The molecule has 6 heteroatoms. The number of ketones is 1. The highest BCUT2D eigenvalue weighted by atomic mass is 32.2. The summed E-state index contributed by atoms with van der Waals surface area (Å²) in [6, 6.07) is 0. The van der Waals surface area contributed by atoms with Crippen molar-refractivity contribution in [2.75, 3.05) is 6.26 Å². The Labute approximate surface area is 126 Å². The van der Waals surface area contributed by atoms with Gasteiger partial charge >= 0.3 is 0 Å². The molecule has 0 N–H and O–H groups in total. The maximum absolute atomic E-state index is 12.5. The summed E-state index contributed by atoms with van der Waals surface area (Å²) in [4.78, 5) is 12.5. The molecule has 1 aliphatic rings. The molecule has 0 aromatic carbocycles. The van der Waals surface area contributed by atoms with Crippen LogP contribution >= 0.6 is 0 Å². The molecule has 0 amide bonds. The first-order valence-electron chi connectivity index (χ1n) is 7.40. The molecule has 0 spiro atoms. The molecule has 2 rings (SSSR count). The molecule has 0 radical (unpaired) electrons. The molecule has 2 unspecified atom stereocenters. The van der Waals surface area contributed by atoms with Crippen LogP contribution in [0.25, 0.3) is 0 Å². The fourth-order valence-corrected chi connectivity index (χ4v) is 4.39. The Morgan fingerprint density at radius 1 is 1.33 bits per heavy atom. The van der Waals surface area contributed by atoms with Crippen molar-refractivity contribution in [2.45, 2.75) is 51.2 Å². The molecule has 1 aromatic rings. The molecule has 1 aromatic heterocycles. The van der Waals surface area contributed by atoms with E-state index in [9.17, 15) is 13.2 Å². The van der Waals surface area contributed by atoms with Gasteiger partial charge in [-0.2, -0.15) is 5.10 Å². The Hall–Kier alpha value is -1.17. The Kier molecular flexibility index (Phi) is 4.56. The summed E-state index contributed by atoms with van der Waals surface area (Å²) in [5.41, 5.74) is 2.89. The average molecular weight is 312 g/mol. The van der Waals surface area contributed by atoms with E-state index in [0.29, 0.717) is 19.3 Å². The number of carbonyl (C=O) groups excluding carboxylic acids is 1. The monoisotopic (exact) mass is 312 g/mol. The van der Waals surface area contributed by atoms with Crippen molar-refractivity contribution in [3.63, 3.8) is 0 Å². The molecule has 118 valence electrons. The molecule has 0 aliphatic heterocycles. The molecular weight excluding hydrogens is 288 g/mol. The number of nitrogens with zero attached hydrogens (tertiary/aromatic N) is 2. The number of rotatable bonds is 4. The van der Waals surface area contributed by atoms with Crippen LogP contribution in [-0.4, -0.2) is 35.5 Å². The van der Waals surface area contributed by atoms with Crippen LogP contribution < -0.4 is 0 Å². The Balaban J connectivity index is 2.10. The number of Topliss-reactive ketones (excluding diaryl/α,β-unsaturated/α-hetero) is 1. The van der Waals surface area contributed by atoms with Crippen molar-refractivity contribution in [1.82, 2.24) is 9.78 Å². The van der Waals surface area contributed by atoms with Crippen molar-refractivity contribution in [1.29, 1.82) is 0 Å². The number of aromatic nitrogens is 2. The van der Waals surface area contributed by atoms with Crippen LogP contribution in [0.3, 0.4) is 0 Å². The average Bonchev–Trinajstić information content (AvgIpc) is 2.64. The minimum atomic E-state index is -3.05. The van der Waals surface area contributed by atoms with Gasteiger partial charge in [0.25, 0.3) is 0 Å². The number of carbonyl (C=O) groups is 1.